The van der Waals surface area contributed by atoms with Crippen molar-refractivity contribution >= 4 is 21.9 Å². The summed E-state index contributed by atoms with van der Waals surface area (Å²) in [7, 11) is 0. The van der Waals surface area contributed by atoms with E-state index in [2.05, 4.69) is 53.7 Å². The Morgan fingerprint density at radius 1 is 1.15 bits per heavy atom. The van der Waals surface area contributed by atoms with Crippen molar-refractivity contribution < 1.29 is 14.3 Å². The van der Waals surface area contributed by atoms with Crippen LogP contribution in [0.5, 0.6) is 5.75 Å². The van der Waals surface area contributed by atoms with Crippen molar-refractivity contribution in [2.75, 3.05) is 19.6 Å². The van der Waals surface area contributed by atoms with Gasteiger partial charge in [0.2, 0.25) is 0 Å². The number of nitrogens with zero attached hydrogens (tertiary/aromatic N) is 1. The highest BCUT2D eigenvalue weighted by Crippen LogP contribution is 2.50. The molecule has 0 aromatic heterocycles. The quantitative estimate of drug-likeness (QED) is 0.451. The Morgan fingerprint density at radius 2 is 1.91 bits per heavy atom. The minimum absolute atomic E-state index is 0.00642. The lowest BCUT2D eigenvalue weighted by atomic mass is 9.74. The van der Waals surface area contributed by atoms with Crippen molar-refractivity contribution in [2.24, 2.45) is 17.8 Å². The summed E-state index contributed by atoms with van der Waals surface area (Å²) in [6, 6.07) is 10.3. The van der Waals surface area contributed by atoms with Gasteiger partial charge in [0.15, 0.2) is 0 Å². The predicted molar refractivity (Wildman–Crippen MR) is 133 cm³/mol. The maximum atomic E-state index is 13.0. The number of halogens is 1. The van der Waals surface area contributed by atoms with Crippen molar-refractivity contribution in [3.8, 4) is 5.75 Å². The average Bonchev–Trinajstić information content (AvgIpc) is 3.12. The zero-order chi connectivity index (χ0) is 23.1. The van der Waals surface area contributed by atoms with Crippen LogP contribution in [0, 0.1) is 31.6 Å². The van der Waals surface area contributed by atoms with Crippen LogP contribution in [-0.4, -0.2) is 30.5 Å². The summed E-state index contributed by atoms with van der Waals surface area (Å²) in [5.74, 6) is 1.94. The number of piperidine rings is 1. The molecule has 33 heavy (non-hydrogen) atoms. The van der Waals surface area contributed by atoms with Gasteiger partial charge in [-0.1, -0.05) is 41.1 Å². The molecule has 5 rings (SSSR count). The summed E-state index contributed by atoms with van der Waals surface area (Å²) >= 11 is 3.62. The first kappa shape index (κ1) is 22.9. The predicted octanol–water partition coefficient (Wildman–Crippen LogP) is 6.15. The van der Waals surface area contributed by atoms with E-state index in [1.165, 1.54) is 29.5 Å². The molecule has 3 aliphatic rings. The highest BCUT2D eigenvalue weighted by atomic mass is 79.9. The molecule has 5 heteroatoms. The lowest BCUT2D eigenvalue weighted by Crippen LogP contribution is -2.39. The second-order valence-corrected chi connectivity index (χ2v) is 11.1. The third-order valence-electron chi connectivity index (χ3n) is 8.06. The number of hydrogen-bond acceptors (Lipinski definition) is 4. The molecule has 2 heterocycles. The van der Waals surface area contributed by atoms with Crippen LogP contribution in [-0.2, 0) is 22.6 Å². The molecular formula is C28H34BrNO3. The molecule has 0 radical (unpaired) electrons. The fourth-order valence-corrected chi connectivity index (χ4v) is 6.36. The number of fused-ring (bicyclic) bond motifs is 3. The Morgan fingerprint density at radius 3 is 2.67 bits per heavy atom. The zero-order valence-corrected chi connectivity index (χ0v) is 21.5. The molecule has 2 aromatic carbocycles. The molecule has 2 aromatic rings. The van der Waals surface area contributed by atoms with Crippen LogP contribution in [0.2, 0.25) is 0 Å². The molecule has 0 saturated carbocycles. The topological polar surface area (TPSA) is 38.8 Å². The minimum Gasteiger partial charge on any atom is -0.489 e. The van der Waals surface area contributed by atoms with E-state index in [0.717, 1.165) is 59.7 Å². The number of likely N-dealkylation sites (tertiary alicyclic amines) is 1. The number of benzene rings is 2. The average molecular weight is 512 g/mol. The van der Waals surface area contributed by atoms with E-state index in [9.17, 15) is 4.79 Å². The second-order valence-electron chi connectivity index (χ2n) is 10.2. The van der Waals surface area contributed by atoms with Crippen molar-refractivity contribution in [1.29, 1.82) is 0 Å². The number of carbonyl (C=O) groups excluding carboxylic acids is 1. The van der Waals surface area contributed by atoms with Gasteiger partial charge >= 0.3 is 5.97 Å². The third kappa shape index (κ3) is 4.46. The second kappa shape index (κ2) is 9.42. The Kier molecular flexibility index (Phi) is 6.54. The number of rotatable bonds is 5. The number of hydrogen-bond donors (Lipinski definition) is 0. The first-order chi connectivity index (χ1) is 15.9. The highest BCUT2D eigenvalue weighted by molar-refractivity contribution is 9.10. The summed E-state index contributed by atoms with van der Waals surface area (Å²) in [5, 5.41) is 0. The van der Waals surface area contributed by atoms with Crippen LogP contribution in [0.15, 0.2) is 34.8 Å². The van der Waals surface area contributed by atoms with Crippen molar-refractivity contribution in [2.45, 2.75) is 59.2 Å². The van der Waals surface area contributed by atoms with Gasteiger partial charge in [0.25, 0.3) is 0 Å². The lowest BCUT2D eigenvalue weighted by molar-refractivity contribution is -0.145. The van der Waals surface area contributed by atoms with Crippen LogP contribution >= 0.6 is 15.9 Å². The summed E-state index contributed by atoms with van der Waals surface area (Å²) in [5.41, 5.74) is 6.03. The molecule has 1 aliphatic carbocycles. The third-order valence-corrected chi connectivity index (χ3v) is 8.83. The van der Waals surface area contributed by atoms with E-state index >= 15 is 0 Å². The van der Waals surface area contributed by atoms with Gasteiger partial charge in [-0.3, -0.25) is 4.79 Å². The van der Waals surface area contributed by atoms with Crippen molar-refractivity contribution in [1.82, 2.24) is 4.90 Å². The highest BCUT2D eigenvalue weighted by Gasteiger charge is 2.49. The Balaban J connectivity index is 1.38. The van der Waals surface area contributed by atoms with Gasteiger partial charge in [-0.05, 0) is 87.4 Å². The number of aryl methyl sites for hydroxylation is 1. The summed E-state index contributed by atoms with van der Waals surface area (Å²) < 4.78 is 13.5. The first-order valence-corrected chi connectivity index (χ1v) is 13.1. The molecule has 2 saturated heterocycles. The maximum absolute atomic E-state index is 13.0. The smallest absolute Gasteiger partial charge is 0.311 e. The van der Waals surface area contributed by atoms with Gasteiger partial charge in [-0.25, -0.2) is 0 Å². The molecule has 4 nitrogen and oxygen atoms in total. The molecule has 0 bridgehead atoms. The Labute approximate surface area is 205 Å². The fourth-order valence-electron chi connectivity index (χ4n) is 5.96. The van der Waals surface area contributed by atoms with E-state index in [1.807, 2.05) is 18.2 Å². The van der Waals surface area contributed by atoms with Gasteiger partial charge in [0.1, 0.15) is 18.5 Å². The van der Waals surface area contributed by atoms with Gasteiger partial charge in [-0.2, -0.15) is 0 Å². The Hall–Kier alpha value is -1.85. The van der Waals surface area contributed by atoms with Gasteiger partial charge in [0.05, 0.1) is 5.92 Å². The molecular weight excluding hydrogens is 478 g/mol. The van der Waals surface area contributed by atoms with E-state index in [1.54, 1.807) is 0 Å². The summed E-state index contributed by atoms with van der Waals surface area (Å²) in [4.78, 5) is 15.5. The van der Waals surface area contributed by atoms with Crippen LogP contribution in [0.3, 0.4) is 0 Å². The van der Waals surface area contributed by atoms with E-state index < -0.39 is 0 Å². The maximum Gasteiger partial charge on any atom is 0.311 e. The Bertz CT molecular complexity index is 1040. The van der Waals surface area contributed by atoms with Gasteiger partial charge < -0.3 is 14.4 Å². The summed E-state index contributed by atoms with van der Waals surface area (Å²) in [6.45, 7) is 10.2. The van der Waals surface area contributed by atoms with Crippen LogP contribution < -0.4 is 4.74 Å². The molecule has 0 N–H and O–H groups in total. The number of esters is 1. The number of carbonyl (C=O) groups is 1. The fraction of sp³-hybridized carbons (Fsp3) is 0.536. The van der Waals surface area contributed by atoms with E-state index in [-0.39, 0.29) is 23.9 Å². The van der Waals surface area contributed by atoms with Crippen LogP contribution in [0.4, 0.5) is 0 Å². The van der Waals surface area contributed by atoms with Gasteiger partial charge in [0, 0.05) is 28.1 Å². The minimum atomic E-state index is -0.138. The largest absolute Gasteiger partial charge is 0.489 e. The monoisotopic (exact) mass is 511 g/mol. The van der Waals surface area contributed by atoms with Crippen LogP contribution in [0.1, 0.15) is 60.1 Å². The standard InChI is InChI=1S/C28H34BrNO3/c1-17-10-12-30(13-11-17)15-23-22-9-8-21-18(2)14-25(19(3)26(21)27(22)33-28(23)31)32-16-20-6-4-5-7-24(20)29/h4-7,14,17,22-23,27H,8-13,15-16H2,1-3H3/t22-,23?,27+/m0/s1. The molecule has 176 valence electrons. The lowest BCUT2D eigenvalue weighted by Gasteiger charge is -2.35. The van der Waals surface area contributed by atoms with E-state index in [0.29, 0.717) is 6.61 Å². The summed E-state index contributed by atoms with van der Waals surface area (Å²) in [6.07, 6.45) is 4.36. The van der Waals surface area contributed by atoms with Crippen LogP contribution in [0.25, 0.3) is 0 Å². The van der Waals surface area contributed by atoms with Crippen molar-refractivity contribution in [3.63, 3.8) is 0 Å². The molecule has 0 amide bonds. The van der Waals surface area contributed by atoms with Gasteiger partial charge in [-0.15, -0.1) is 0 Å². The SMILES string of the molecule is Cc1cc(OCc2ccccc2Br)c(C)c2c1CC[C@H]1C(CN3CCC(C)CC3)C(=O)O[C@@H]21. The van der Waals surface area contributed by atoms with Crippen molar-refractivity contribution in [3.05, 3.63) is 62.6 Å². The molecule has 2 fully saturated rings. The molecule has 3 atom stereocenters. The zero-order valence-electron chi connectivity index (χ0n) is 19.9. The normalized spacial score (nSPS) is 25.5. The molecule has 1 unspecified atom stereocenters. The molecule has 0 spiro atoms. The number of ether oxygens (including phenoxy) is 2. The first-order valence-electron chi connectivity index (χ1n) is 12.3. The van der Waals surface area contributed by atoms with E-state index in [4.69, 9.17) is 9.47 Å². The molecule has 2 aliphatic heterocycles.